The van der Waals surface area contributed by atoms with E-state index in [1.165, 1.54) is 41.5 Å². The lowest BCUT2D eigenvalue weighted by molar-refractivity contribution is 0.224. The molecule has 0 amide bonds. The lowest BCUT2D eigenvalue weighted by Gasteiger charge is -2.34. The van der Waals surface area contributed by atoms with Crippen molar-refractivity contribution in [3.05, 3.63) is 15.9 Å². The molecule has 0 saturated heterocycles. The van der Waals surface area contributed by atoms with E-state index < -0.39 is 0 Å². The van der Waals surface area contributed by atoms with E-state index in [0.29, 0.717) is 12.0 Å². The van der Waals surface area contributed by atoms with Gasteiger partial charge in [-0.25, -0.2) is 0 Å². The van der Waals surface area contributed by atoms with Gasteiger partial charge < -0.3 is 5.73 Å². The van der Waals surface area contributed by atoms with Crippen LogP contribution >= 0.6 is 15.9 Å². The van der Waals surface area contributed by atoms with Crippen LogP contribution in [-0.2, 0) is 19.4 Å². The maximum atomic E-state index is 6.38. The molecule has 3 nitrogen and oxygen atoms in total. The summed E-state index contributed by atoms with van der Waals surface area (Å²) in [5.41, 5.74) is 8.91. The number of aromatic nitrogens is 2. The summed E-state index contributed by atoms with van der Waals surface area (Å²) in [6.07, 6.45) is 7.11. The summed E-state index contributed by atoms with van der Waals surface area (Å²) in [4.78, 5) is 0. The van der Waals surface area contributed by atoms with E-state index in [0.717, 1.165) is 25.3 Å². The van der Waals surface area contributed by atoms with Gasteiger partial charge in [-0.2, -0.15) is 5.10 Å². The van der Waals surface area contributed by atoms with Gasteiger partial charge in [-0.15, -0.1) is 0 Å². The Balaban J connectivity index is 2.17. The van der Waals surface area contributed by atoms with Gasteiger partial charge in [0.1, 0.15) is 0 Å². The molecule has 1 aromatic rings. The highest BCUT2D eigenvalue weighted by Gasteiger charge is 2.29. The number of hydrogen-bond acceptors (Lipinski definition) is 2. The Hall–Kier alpha value is -0.350. The Kier molecular flexibility index (Phi) is 5.67. The minimum atomic E-state index is 0.356. The van der Waals surface area contributed by atoms with Crippen molar-refractivity contribution in [2.24, 2.45) is 17.6 Å². The van der Waals surface area contributed by atoms with Crippen molar-refractivity contribution in [2.75, 3.05) is 0 Å². The molecule has 0 bridgehead atoms. The maximum absolute atomic E-state index is 6.38. The van der Waals surface area contributed by atoms with Crippen molar-refractivity contribution in [3.8, 4) is 0 Å². The number of nitrogens with two attached hydrogens (primary N) is 1. The van der Waals surface area contributed by atoms with E-state index >= 15 is 0 Å². The second-order valence-corrected chi connectivity index (χ2v) is 6.89. The van der Waals surface area contributed by atoms with E-state index in [-0.39, 0.29) is 0 Å². The van der Waals surface area contributed by atoms with Crippen LogP contribution in [0.1, 0.15) is 57.8 Å². The van der Waals surface area contributed by atoms with Crippen LogP contribution in [0.25, 0.3) is 0 Å². The third kappa shape index (κ3) is 3.28. The van der Waals surface area contributed by atoms with Gasteiger partial charge in [-0.1, -0.05) is 20.3 Å². The van der Waals surface area contributed by atoms with Gasteiger partial charge >= 0.3 is 0 Å². The predicted molar refractivity (Wildman–Crippen MR) is 87.8 cm³/mol. The molecule has 2 N–H and O–H groups in total. The van der Waals surface area contributed by atoms with Gasteiger partial charge in [0.05, 0.1) is 15.9 Å². The van der Waals surface area contributed by atoms with Crippen LogP contribution in [0, 0.1) is 11.8 Å². The molecule has 0 spiro atoms. The SMILES string of the molecule is CCc1nn(CC)c(CC2CC(CC)CCC2N)c1Br. The number of aryl methyl sites for hydroxylation is 2. The molecule has 4 heteroatoms. The lowest BCUT2D eigenvalue weighted by atomic mass is 9.75. The molecule has 1 saturated carbocycles. The average molecular weight is 342 g/mol. The Morgan fingerprint density at radius 2 is 2.05 bits per heavy atom. The fraction of sp³-hybridized carbons (Fsp3) is 0.812. The van der Waals surface area contributed by atoms with Crippen molar-refractivity contribution in [1.82, 2.24) is 9.78 Å². The first-order valence-electron chi connectivity index (χ1n) is 8.10. The summed E-state index contributed by atoms with van der Waals surface area (Å²) in [5.74, 6) is 1.47. The van der Waals surface area contributed by atoms with Gasteiger partial charge in [0.15, 0.2) is 0 Å². The minimum absolute atomic E-state index is 0.356. The molecule has 1 aliphatic carbocycles. The molecular weight excluding hydrogens is 314 g/mol. The summed E-state index contributed by atoms with van der Waals surface area (Å²) in [6, 6.07) is 0.356. The van der Waals surface area contributed by atoms with Crippen LogP contribution in [0.4, 0.5) is 0 Å². The summed E-state index contributed by atoms with van der Waals surface area (Å²) in [7, 11) is 0. The molecule has 0 aromatic carbocycles. The zero-order chi connectivity index (χ0) is 14.7. The topological polar surface area (TPSA) is 43.8 Å². The molecule has 1 aromatic heterocycles. The van der Waals surface area contributed by atoms with Gasteiger partial charge in [-0.3, -0.25) is 4.68 Å². The standard InChI is InChI=1S/C16H28BrN3/c1-4-11-7-8-13(18)12(9-11)10-15-16(17)14(5-2)19-20(15)6-3/h11-13H,4-10,18H2,1-3H3. The van der Waals surface area contributed by atoms with E-state index in [1.54, 1.807) is 0 Å². The summed E-state index contributed by atoms with van der Waals surface area (Å²) < 4.78 is 3.37. The number of nitrogens with zero attached hydrogens (tertiary/aromatic N) is 2. The largest absolute Gasteiger partial charge is 0.327 e. The van der Waals surface area contributed by atoms with Crippen LogP contribution in [0.15, 0.2) is 4.47 Å². The van der Waals surface area contributed by atoms with Gasteiger partial charge in [0, 0.05) is 12.6 Å². The zero-order valence-corrected chi connectivity index (χ0v) is 14.6. The Bertz CT molecular complexity index is 441. The normalized spacial score (nSPS) is 26.9. The van der Waals surface area contributed by atoms with Gasteiger partial charge in [0.2, 0.25) is 0 Å². The Morgan fingerprint density at radius 1 is 1.30 bits per heavy atom. The third-order valence-corrected chi connectivity index (χ3v) is 5.79. The minimum Gasteiger partial charge on any atom is -0.327 e. The molecule has 1 fully saturated rings. The van der Waals surface area contributed by atoms with E-state index in [2.05, 4.69) is 41.4 Å². The van der Waals surface area contributed by atoms with Crippen LogP contribution in [-0.4, -0.2) is 15.8 Å². The molecule has 0 aliphatic heterocycles. The highest BCUT2D eigenvalue weighted by atomic mass is 79.9. The fourth-order valence-electron chi connectivity index (χ4n) is 3.45. The first-order chi connectivity index (χ1) is 9.60. The fourth-order valence-corrected chi connectivity index (χ4v) is 4.18. The molecule has 114 valence electrons. The maximum Gasteiger partial charge on any atom is 0.0766 e. The van der Waals surface area contributed by atoms with Crippen LogP contribution < -0.4 is 5.73 Å². The van der Waals surface area contributed by atoms with Crippen molar-refractivity contribution >= 4 is 15.9 Å². The first-order valence-corrected chi connectivity index (χ1v) is 8.89. The second kappa shape index (κ2) is 7.08. The van der Waals surface area contributed by atoms with Crippen molar-refractivity contribution < 1.29 is 0 Å². The van der Waals surface area contributed by atoms with Crippen LogP contribution in [0.2, 0.25) is 0 Å². The van der Waals surface area contributed by atoms with Gasteiger partial charge in [0.25, 0.3) is 0 Å². The molecule has 3 atom stereocenters. The molecule has 0 radical (unpaired) electrons. The molecule has 1 heterocycles. The predicted octanol–water partition coefficient (Wildman–Crippen LogP) is 3.92. The molecule has 20 heavy (non-hydrogen) atoms. The van der Waals surface area contributed by atoms with Crippen molar-refractivity contribution in [3.63, 3.8) is 0 Å². The zero-order valence-electron chi connectivity index (χ0n) is 13.0. The van der Waals surface area contributed by atoms with Crippen molar-refractivity contribution in [1.29, 1.82) is 0 Å². The monoisotopic (exact) mass is 341 g/mol. The number of rotatable bonds is 5. The van der Waals surface area contributed by atoms with Crippen LogP contribution in [0.3, 0.4) is 0 Å². The van der Waals surface area contributed by atoms with Gasteiger partial charge in [-0.05, 0) is 66.8 Å². The quantitative estimate of drug-likeness (QED) is 0.881. The van der Waals surface area contributed by atoms with E-state index in [4.69, 9.17) is 10.8 Å². The van der Waals surface area contributed by atoms with Crippen LogP contribution in [0.5, 0.6) is 0 Å². The van der Waals surface area contributed by atoms with Crippen molar-refractivity contribution in [2.45, 2.75) is 71.9 Å². The van der Waals surface area contributed by atoms with E-state index in [1.807, 2.05) is 0 Å². The Labute approximate surface area is 131 Å². The highest BCUT2D eigenvalue weighted by Crippen LogP contribution is 2.34. The first kappa shape index (κ1) is 16.0. The third-order valence-electron chi connectivity index (χ3n) is 4.88. The summed E-state index contributed by atoms with van der Waals surface area (Å²) in [5, 5.41) is 4.71. The molecular formula is C16H28BrN3. The molecule has 2 rings (SSSR count). The second-order valence-electron chi connectivity index (χ2n) is 6.09. The number of hydrogen-bond donors (Lipinski definition) is 1. The number of halogens is 1. The highest BCUT2D eigenvalue weighted by molar-refractivity contribution is 9.10. The summed E-state index contributed by atoms with van der Waals surface area (Å²) in [6.45, 7) is 7.57. The lowest BCUT2D eigenvalue weighted by Crippen LogP contribution is -2.37. The molecule has 3 unspecified atom stereocenters. The van der Waals surface area contributed by atoms with E-state index in [9.17, 15) is 0 Å². The Morgan fingerprint density at radius 3 is 2.65 bits per heavy atom. The smallest absolute Gasteiger partial charge is 0.0766 e. The average Bonchev–Trinajstić information content (AvgIpc) is 2.77. The molecule has 1 aliphatic rings. The summed E-state index contributed by atoms with van der Waals surface area (Å²) >= 11 is 3.76.